The fraction of sp³-hybridized carbons (Fsp3) is 0.426. The molecule has 69 heavy (non-hydrogen) atoms. The molecule has 0 aliphatic heterocycles. The van der Waals surface area contributed by atoms with Crippen LogP contribution in [0.2, 0.25) is 0 Å². The van der Waals surface area contributed by atoms with Crippen LogP contribution in [-0.4, -0.2) is 119 Å². The molecule has 20 nitrogen and oxygen atoms in total. The zero-order valence-electron chi connectivity index (χ0n) is 39.4. The number of carbonyl (C=O) groups excluding carboxylic acids is 3. The number of amides is 2. The Morgan fingerprint density at radius 1 is 0.783 bits per heavy atom. The van der Waals surface area contributed by atoms with Crippen molar-refractivity contribution in [1.82, 2.24) is 29.7 Å². The highest BCUT2D eigenvalue weighted by molar-refractivity contribution is 7.86. The number of imidazole rings is 1. The second-order valence-corrected chi connectivity index (χ2v) is 20.9. The third-order valence-electron chi connectivity index (χ3n) is 12.3. The summed E-state index contributed by atoms with van der Waals surface area (Å²) >= 11 is 0. The van der Waals surface area contributed by atoms with Gasteiger partial charge in [0.25, 0.3) is 31.7 Å². The molecule has 22 heteroatoms. The van der Waals surface area contributed by atoms with Crippen molar-refractivity contribution in [2.24, 2.45) is 14.1 Å². The van der Waals surface area contributed by atoms with Crippen LogP contribution in [0.25, 0.3) is 33.0 Å². The van der Waals surface area contributed by atoms with Gasteiger partial charge in [0.15, 0.2) is 12.2 Å². The zero-order valence-corrected chi connectivity index (χ0v) is 41.0. The zero-order chi connectivity index (χ0) is 50.3. The number of ether oxygens (including phenoxy) is 1. The number of aromatic amines is 1. The van der Waals surface area contributed by atoms with Crippen molar-refractivity contribution in [2.45, 2.75) is 65.3 Å². The molecule has 3 heterocycles. The minimum absolute atomic E-state index is 0.149. The Kier molecular flexibility index (Phi) is 16.6. The molecule has 2 amide bonds. The summed E-state index contributed by atoms with van der Waals surface area (Å²) in [5.74, 6) is -1.14. The molecule has 6 aromatic rings. The van der Waals surface area contributed by atoms with E-state index in [1.165, 1.54) is 18.7 Å². The molecule has 370 valence electrons. The number of nitrogens with zero attached hydrogens (tertiary/aromatic N) is 5. The van der Waals surface area contributed by atoms with Crippen LogP contribution in [0.3, 0.4) is 0 Å². The van der Waals surface area contributed by atoms with Gasteiger partial charge in [-0.1, -0.05) is 24.3 Å². The van der Waals surface area contributed by atoms with Crippen LogP contribution < -0.4 is 31.2 Å². The topological polar surface area (TPSA) is 270 Å². The number of carbonyl (C=O) groups is 3. The molecule has 0 fully saturated rings. The van der Waals surface area contributed by atoms with Crippen LogP contribution in [0.15, 0.2) is 70.3 Å². The van der Waals surface area contributed by atoms with Gasteiger partial charge in [0.1, 0.15) is 17.1 Å². The number of hydrogen-bond donors (Lipinski definition) is 5. The molecule has 0 spiro atoms. The van der Waals surface area contributed by atoms with Crippen molar-refractivity contribution in [2.75, 3.05) is 51.3 Å². The normalized spacial score (nSPS) is 12.9. The summed E-state index contributed by atoms with van der Waals surface area (Å²) in [6.45, 7) is 6.00. The lowest BCUT2D eigenvalue weighted by molar-refractivity contribution is -0.909. The number of aromatic nitrogens is 5. The number of aryl methyl sites for hydroxylation is 5. The van der Waals surface area contributed by atoms with Crippen LogP contribution in [0, 0.1) is 13.8 Å². The quantitative estimate of drug-likeness (QED) is 0.0118. The van der Waals surface area contributed by atoms with Gasteiger partial charge in [0.2, 0.25) is 16.9 Å². The summed E-state index contributed by atoms with van der Waals surface area (Å²) in [4.78, 5) is 72.3. The van der Waals surface area contributed by atoms with Crippen molar-refractivity contribution >= 4 is 71.0 Å². The number of para-hydroxylation sites is 2. The fourth-order valence-electron chi connectivity index (χ4n) is 8.78. The molecule has 0 aliphatic rings. The third kappa shape index (κ3) is 13.3. The number of esters is 1. The number of fused-ring (bicyclic) bond motifs is 3. The first-order valence-electron chi connectivity index (χ1n) is 22.7. The fourth-order valence-corrected chi connectivity index (χ4v) is 9.77. The Balaban J connectivity index is 1.03. The largest absolute Gasteiger partial charge is 0.422 e. The number of rotatable bonds is 23. The van der Waals surface area contributed by atoms with Gasteiger partial charge in [0.05, 0.1) is 54.5 Å². The van der Waals surface area contributed by atoms with Gasteiger partial charge in [0, 0.05) is 83.4 Å². The minimum atomic E-state index is -4.17. The van der Waals surface area contributed by atoms with Crippen molar-refractivity contribution in [1.29, 1.82) is 0 Å². The Labute approximate surface area is 399 Å². The number of benzene rings is 3. The molecule has 5 N–H and O–H groups in total. The molecule has 6 rings (SSSR count). The van der Waals surface area contributed by atoms with E-state index >= 15 is 0 Å². The summed E-state index contributed by atoms with van der Waals surface area (Å²) in [6.07, 6.45) is 2.52. The number of H-pyrrole nitrogens is 1. The smallest absolute Gasteiger partial charge is 0.345 e. The Hall–Kier alpha value is -6.33. The van der Waals surface area contributed by atoms with Gasteiger partial charge in [-0.3, -0.25) is 32.6 Å². The maximum Gasteiger partial charge on any atom is 0.345 e. The standard InChI is InChI=1S/C47H58N8O12S2/c1-31-29-33(30-32(2)42(31)67-46(59)40-34-15-6-8-17-36(34)54(23-13-27-68(61,62)63)37-18-9-7-16-35(37)40)44(57)49-22-12-25-55(5,26-14-28-69(64,65)66)24-11-21-48-39(56)20-10-19-38-50-41-43(51-38)52(3)47(60)53(4)45(41)58/h6-9,15-18,29-30H,10-14,19-28H2,1-5H3,(H3-2,48,49,50,51,56,57,58,61,62,63,64,65,66)/p+2. The second-order valence-electron chi connectivity index (χ2n) is 17.7. The van der Waals surface area contributed by atoms with E-state index in [0.29, 0.717) is 119 Å². The first kappa shape index (κ1) is 52.0. The molecular weight excluding hydrogens is 933 g/mol. The van der Waals surface area contributed by atoms with Gasteiger partial charge in [-0.25, -0.2) is 14.6 Å². The van der Waals surface area contributed by atoms with Crippen LogP contribution in [0.1, 0.15) is 76.2 Å². The minimum Gasteiger partial charge on any atom is -0.422 e. The first-order valence-corrected chi connectivity index (χ1v) is 25.9. The highest BCUT2D eigenvalue weighted by Gasteiger charge is 2.27. The average molecular weight is 993 g/mol. The number of pyridine rings is 1. The lowest BCUT2D eigenvalue weighted by Gasteiger charge is -2.35. The third-order valence-corrected chi connectivity index (χ3v) is 13.9. The van der Waals surface area contributed by atoms with Gasteiger partial charge >= 0.3 is 11.7 Å². The van der Waals surface area contributed by atoms with Gasteiger partial charge < -0.3 is 24.8 Å². The predicted molar refractivity (Wildman–Crippen MR) is 259 cm³/mol. The number of quaternary nitrogens is 1. The highest BCUT2D eigenvalue weighted by atomic mass is 32.2. The Bertz CT molecular complexity index is 3190. The molecule has 1 atom stereocenters. The van der Waals surface area contributed by atoms with E-state index < -0.39 is 49.0 Å². The average Bonchev–Trinajstić information content (AvgIpc) is 3.72. The number of nitrogens with one attached hydrogen (secondary N) is 3. The molecule has 0 saturated heterocycles. The predicted octanol–water partition coefficient (Wildman–Crippen LogP) is 3.04. The van der Waals surface area contributed by atoms with E-state index in [2.05, 4.69) is 20.6 Å². The van der Waals surface area contributed by atoms with Crippen molar-refractivity contribution < 1.29 is 54.1 Å². The maximum atomic E-state index is 14.1. The van der Waals surface area contributed by atoms with E-state index in [-0.39, 0.29) is 48.8 Å². The van der Waals surface area contributed by atoms with E-state index in [1.54, 1.807) is 50.2 Å². The molecule has 3 aromatic carbocycles. The summed E-state index contributed by atoms with van der Waals surface area (Å²) in [6, 6.07) is 17.8. The molecule has 1 unspecified atom stereocenters. The van der Waals surface area contributed by atoms with Gasteiger partial charge in [-0.05, 0) is 55.7 Å². The Morgan fingerprint density at radius 3 is 1.93 bits per heavy atom. The Morgan fingerprint density at radius 2 is 1.33 bits per heavy atom. The van der Waals surface area contributed by atoms with E-state index in [4.69, 9.17) is 4.74 Å². The summed E-state index contributed by atoms with van der Waals surface area (Å²) in [7, 11) is -3.45. The molecule has 0 bridgehead atoms. The summed E-state index contributed by atoms with van der Waals surface area (Å²) in [5.41, 5.74) is 2.67. The number of hydrogen-bond acceptors (Lipinski definition) is 11. The molecule has 3 aromatic heterocycles. The van der Waals surface area contributed by atoms with E-state index in [1.807, 2.05) is 35.9 Å². The van der Waals surface area contributed by atoms with Gasteiger partial charge in [-0.15, -0.1) is 0 Å². The second kappa shape index (κ2) is 22.0. The van der Waals surface area contributed by atoms with Gasteiger partial charge in [-0.2, -0.15) is 21.4 Å². The lowest BCUT2D eigenvalue weighted by atomic mass is 10.0. The van der Waals surface area contributed by atoms with Crippen LogP contribution >= 0.6 is 0 Å². The molecule has 0 radical (unpaired) electrons. The molecular formula is C47H60N8O12S2+2. The van der Waals surface area contributed by atoms with Crippen LogP contribution in [-0.2, 0) is 52.1 Å². The van der Waals surface area contributed by atoms with Crippen molar-refractivity contribution in [3.05, 3.63) is 110 Å². The van der Waals surface area contributed by atoms with Crippen molar-refractivity contribution in [3.63, 3.8) is 0 Å². The molecule has 0 saturated carbocycles. The van der Waals surface area contributed by atoms with E-state index in [0.717, 1.165) is 4.57 Å². The maximum absolute atomic E-state index is 14.1. The highest BCUT2D eigenvalue weighted by Crippen LogP contribution is 2.30. The monoisotopic (exact) mass is 992 g/mol. The van der Waals surface area contributed by atoms with Crippen LogP contribution in [0.5, 0.6) is 5.75 Å². The first-order chi connectivity index (χ1) is 32.6. The van der Waals surface area contributed by atoms with Crippen LogP contribution in [0.4, 0.5) is 0 Å². The van der Waals surface area contributed by atoms with Crippen molar-refractivity contribution in [3.8, 4) is 5.75 Å². The summed E-state index contributed by atoms with van der Waals surface area (Å²) in [5, 5.41) is 7.06. The SMILES string of the molecule is Cc1cc(C(=O)NCCC[N+](C)(CCCNC(=O)CCCc2nc3c([nH]2)c(=O)n(C)c(=O)n3C)CCCS(=O)(=O)O)cc(C)c1OC(=O)c1c2ccccc2[n+](CCCS(=O)(=O)O)c2ccccc12. The van der Waals surface area contributed by atoms with E-state index in [9.17, 15) is 49.9 Å². The summed E-state index contributed by atoms with van der Waals surface area (Å²) < 4.78 is 75.4. The molecule has 0 aliphatic carbocycles. The lowest BCUT2D eigenvalue weighted by Crippen LogP contribution is -2.48.